The first-order valence-corrected chi connectivity index (χ1v) is 7.24. The zero-order valence-electron chi connectivity index (χ0n) is 11.4. The van der Waals surface area contributed by atoms with Gasteiger partial charge in [0.05, 0.1) is 17.9 Å². The van der Waals surface area contributed by atoms with Crippen molar-refractivity contribution in [2.75, 3.05) is 0 Å². The van der Waals surface area contributed by atoms with Crippen LogP contribution in [0.4, 0.5) is 0 Å². The fraction of sp³-hybridized carbons (Fsp3) is 0.267. The molecule has 0 aliphatic rings. The molecule has 0 saturated carbocycles. The van der Waals surface area contributed by atoms with Crippen molar-refractivity contribution in [1.29, 1.82) is 0 Å². The summed E-state index contributed by atoms with van der Waals surface area (Å²) in [6.45, 7) is 3.87. The lowest BCUT2D eigenvalue weighted by atomic mass is 10.0. The summed E-state index contributed by atoms with van der Waals surface area (Å²) >= 11 is 3.41. The van der Waals surface area contributed by atoms with Gasteiger partial charge in [0, 0.05) is 10.7 Å². The number of hydrogen-bond donors (Lipinski definition) is 1. The maximum absolute atomic E-state index is 12.1. The monoisotopic (exact) mass is 333 g/mol. The predicted octanol–water partition coefficient (Wildman–Crippen LogP) is 3.43. The third-order valence-corrected chi connectivity index (χ3v) is 3.53. The fourth-order valence-corrected chi connectivity index (χ4v) is 2.12. The van der Waals surface area contributed by atoms with Crippen LogP contribution in [-0.2, 0) is 0 Å². The molecule has 0 aliphatic heterocycles. The number of nitrogens with one attached hydrogen (secondary N) is 1. The molecular formula is C15H16BrN3O. The van der Waals surface area contributed by atoms with Gasteiger partial charge in [0.25, 0.3) is 5.91 Å². The normalized spacial score (nSPS) is 11.9. The van der Waals surface area contributed by atoms with Gasteiger partial charge in [-0.15, -0.1) is 0 Å². The van der Waals surface area contributed by atoms with E-state index in [4.69, 9.17) is 0 Å². The van der Waals surface area contributed by atoms with Crippen LogP contribution in [0, 0.1) is 6.92 Å². The van der Waals surface area contributed by atoms with Gasteiger partial charge >= 0.3 is 0 Å². The number of aryl methyl sites for hydroxylation is 1. The van der Waals surface area contributed by atoms with E-state index in [-0.39, 0.29) is 11.9 Å². The first kappa shape index (κ1) is 14.7. The van der Waals surface area contributed by atoms with E-state index in [0.29, 0.717) is 5.69 Å². The van der Waals surface area contributed by atoms with Gasteiger partial charge in [-0.2, -0.15) is 0 Å². The van der Waals surface area contributed by atoms with Gasteiger partial charge in [0.15, 0.2) is 0 Å². The van der Waals surface area contributed by atoms with Crippen molar-refractivity contribution in [2.45, 2.75) is 26.3 Å². The molecule has 0 radical (unpaired) electrons. The van der Waals surface area contributed by atoms with E-state index in [2.05, 4.69) is 31.2 Å². The number of nitrogens with zero attached hydrogens (tertiary/aromatic N) is 2. The summed E-state index contributed by atoms with van der Waals surface area (Å²) in [6, 6.07) is 7.91. The van der Waals surface area contributed by atoms with E-state index >= 15 is 0 Å². The predicted molar refractivity (Wildman–Crippen MR) is 81.4 cm³/mol. The Bertz CT molecular complexity index is 581. The number of hydrogen-bond acceptors (Lipinski definition) is 3. The Kier molecular flexibility index (Phi) is 4.84. The molecule has 0 spiro atoms. The van der Waals surface area contributed by atoms with Crippen LogP contribution in [0.3, 0.4) is 0 Å². The molecule has 1 aromatic heterocycles. The molecule has 104 valence electrons. The van der Waals surface area contributed by atoms with Crippen LogP contribution in [0.2, 0.25) is 0 Å². The Balaban J connectivity index is 2.11. The second-order valence-electron chi connectivity index (χ2n) is 4.53. The first-order valence-electron chi connectivity index (χ1n) is 6.45. The molecule has 0 fully saturated rings. The molecule has 0 saturated heterocycles. The SMILES string of the molecule is CC[C@H](NC(=O)c1cnc(C)cn1)c1ccc(Br)cc1. The van der Waals surface area contributed by atoms with Crippen molar-refractivity contribution >= 4 is 21.8 Å². The van der Waals surface area contributed by atoms with Gasteiger partial charge in [-0.3, -0.25) is 9.78 Å². The molecule has 1 heterocycles. The van der Waals surface area contributed by atoms with Crippen molar-refractivity contribution in [3.05, 3.63) is 58.1 Å². The van der Waals surface area contributed by atoms with E-state index in [1.807, 2.05) is 38.1 Å². The number of aromatic nitrogens is 2. The maximum Gasteiger partial charge on any atom is 0.271 e. The molecule has 4 nitrogen and oxygen atoms in total. The number of carbonyl (C=O) groups is 1. The van der Waals surface area contributed by atoms with Crippen molar-refractivity contribution in [3.63, 3.8) is 0 Å². The molecule has 5 heteroatoms. The van der Waals surface area contributed by atoms with Crippen LogP contribution in [-0.4, -0.2) is 15.9 Å². The number of amides is 1. The lowest BCUT2D eigenvalue weighted by molar-refractivity contribution is 0.0930. The van der Waals surface area contributed by atoms with Crippen LogP contribution in [0.15, 0.2) is 41.1 Å². The van der Waals surface area contributed by atoms with Crippen LogP contribution in [0.1, 0.15) is 41.1 Å². The van der Waals surface area contributed by atoms with Gasteiger partial charge in [-0.1, -0.05) is 35.0 Å². The number of benzene rings is 1. The number of halogens is 1. The van der Waals surface area contributed by atoms with Crippen molar-refractivity contribution in [3.8, 4) is 0 Å². The zero-order valence-corrected chi connectivity index (χ0v) is 13.0. The average molecular weight is 334 g/mol. The molecule has 1 amide bonds. The Morgan fingerprint density at radius 2 is 1.95 bits per heavy atom. The van der Waals surface area contributed by atoms with E-state index < -0.39 is 0 Å². The highest BCUT2D eigenvalue weighted by Crippen LogP contribution is 2.19. The molecule has 0 aliphatic carbocycles. The third kappa shape index (κ3) is 3.63. The molecule has 0 bridgehead atoms. The molecule has 20 heavy (non-hydrogen) atoms. The Morgan fingerprint density at radius 3 is 2.50 bits per heavy atom. The summed E-state index contributed by atoms with van der Waals surface area (Å²) in [5.41, 5.74) is 2.21. The molecule has 2 rings (SSSR count). The smallest absolute Gasteiger partial charge is 0.271 e. The molecule has 0 unspecified atom stereocenters. The summed E-state index contributed by atoms with van der Waals surface area (Å²) in [5, 5.41) is 2.98. The minimum Gasteiger partial charge on any atom is -0.344 e. The lowest BCUT2D eigenvalue weighted by Gasteiger charge is -2.17. The van der Waals surface area contributed by atoms with E-state index in [1.54, 1.807) is 6.20 Å². The summed E-state index contributed by atoms with van der Waals surface area (Å²) < 4.78 is 1.02. The van der Waals surface area contributed by atoms with Crippen molar-refractivity contribution in [1.82, 2.24) is 15.3 Å². The highest BCUT2D eigenvalue weighted by atomic mass is 79.9. The molecular weight excluding hydrogens is 318 g/mol. The van der Waals surface area contributed by atoms with Crippen LogP contribution < -0.4 is 5.32 Å². The van der Waals surface area contributed by atoms with Crippen LogP contribution in [0.5, 0.6) is 0 Å². The third-order valence-electron chi connectivity index (χ3n) is 3.00. The van der Waals surface area contributed by atoms with E-state index in [0.717, 1.165) is 22.2 Å². The van der Waals surface area contributed by atoms with Gasteiger partial charge in [-0.25, -0.2) is 4.98 Å². The second-order valence-corrected chi connectivity index (χ2v) is 5.44. The van der Waals surface area contributed by atoms with Gasteiger partial charge < -0.3 is 5.32 Å². The molecule has 1 aromatic carbocycles. The maximum atomic E-state index is 12.1. The van der Waals surface area contributed by atoms with Crippen LogP contribution >= 0.6 is 15.9 Å². The molecule has 2 aromatic rings. The quantitative estimate of drug-likeness (QED) is 0.932. The van der Waals surface area contributed by atoms with E-state index in [9.17, 15) is 4.79 Å². The van der Waals surface area contributed by atoms with Crippen molar-refractivity contribution < 1.29 is 4.79 Å². The topological polar surface area (TPSA) is 54.9 Å². The van der Waals surface area contributed by atoms with Gasteiger partial charge in [0.1, 0.15) is 5.69 Å². The summed E-state index contributed by atoms with van der Waals surface area (Å²) in [5.74, 6) is -0.202. The number of rotatable bonds is 4. The summed E-state index contributed by atoms with van der Waals surface area (Å²) in [4.78, 5) is 20.3. The lowest BCUT2D eigenvalue weighted by Crippen LogP contribution is -2.29. The van der Waals surface area contributed by atoms with Crippen molar-refractivity contribution in [2.24, 2.45) is 0 Å². The first-order chi connectivity index (χ1) is 9.60. The Morgan fingerprint density at radius 1 is 1.25 bits per heavy atom. The summed E-state index contributed by atoms with van der Waals surface area (Å²) in [6.07, 6.45) is 3.90. The minimum absolute atomic E-state index is 0.0290. The minimum atomic E-state index is -0.202. The second kappa shape index (κ2) is 6.61. The number of carbonyl (C=O) groups excluding carboxylic acids is 1. The Hall–Kier alpha value is -1.75. The molecule has 1 N–H and O–H groups in total. The Labute approximate surface area is 126 Å². The zero-order chi connectivity index (χ0) is 14.5. The van der Waals surface area contributed by atoms with Crippen LogP contribution in [0.25, 0.3) is 0 Å². The highest BCUT2D eigenvalue weighted by Gasteiger charge is 2.15. The highest BCUT2D eigenvalue weighted by molar-refractivity contribution is 9.10. The van der Waals surface area contributed by atoms with Gasteiger partial charge in [0.2, 0.25) is 0 Å². The standard InChI is InChI=1S/C15H16BrN3O/c1-3-13(11-4-6-12(16)7-5-11)19-15(20)14-9-17-10(2)8-18-14/h4-9,13H,3H2,1-2H3,(H,19,20)/t13-/m0/s1. The summed E-state index contributed by atoms with van der Waals surface area (Å²) in [7, 11) is 0. The van der Waals surface area contributed by atoms with Gasteiger partial charge in [-0.05, 0) is 31.0 Å². The molecule has 1 atom stereocenters. The average Bonchev–Trinajstić information content (AvgIpc) is 2.46. The van der Waals surface area contributed by atoms with E-state index in [1.165, 1.54) is 6.20 Å². The fourth-order valence-electron chi connectivity index (χ4n) is 1.86. The largest absolute Gasteiger partial charge is 0.344 e.